The Morgan fingerprint density at radius 3 is 1.57 bits per heavy atom. The number of benzene rings is 10. The van der Waals surface area contributed by atoms with E-state index in [1.807, 2.05) is 0 Å². The molecule has 1 aromatic heterocycles. The van der Waals surface area contributed by atoms with Gasteiger partial charge >= 0.3 is 0 Å². The molecule has 290 valence electrons. The fourth-order valence-corrected chi connectivity index (χ4v) is 9.05. The number of aromatic nitrogens is 1. The normalized spacial score (nSPS) is 11.4. The van der Waals surface area contributed by atoms with Crippen molar-refractivity contribution in [1.29, 1.82) is 0 Å². The lowest BCUT2D eigenvalue weighted by Gasteiger charge is -2.28. The molecule has 11 aromatic rings. The van der Waals surface area contributed by atoms with Gasteiger partial charge in [-0.05, 0) is 132 Å². The Hall–Kier alpha value is -7.88. The number of anilines is 6. The third-order valence-corrected chi connectivity index (χ3v) is 12.1. The van der Waals surface area contributed by atoms with E-state index in [2.05, 4.69) is 253 Å². The van der Waals surface area contributed by atoms with E-state index in [-0.39, 0.29) is 0 Å². The molecule has 0 radical (unpaired) electrons. The number of rotatable bonds is 8. The number of para-hydroxylation sites is 2. The Balaban J connectivity index is 1.02. The van der Waals surface area contributed by atoms with Gasteiger partial charge in [0.2, 0.25) is 0 Å². The van der Waals surface area contributed by atoms with Crippen molar-refractivity contribution in [3.05, 3.63) is 236 Å². The molecular weight excluding hydrogens is 739 g/mol. The first-order valence-corrected chi connectivity index (χ1v) is 21.0. The Bertz CT molecular complexity index is 3360. The fraction of sp³-hybridized carbons (Fsp3) is 0.0345. The number of aryl methyl sites for hydroxylation is 2. The number of hydrogen-bond donors (Lipinski definition) is 0. The molecule has 0 fully saturated rings. The summed E-state index contributed by atoms with van der Waals surface area (Å²) in [7, 11) is 0. The van der Waals surface area contributed by atoms with Gasteiger partial charge in [-0.15, -0.1) is 0 Å². The van der Waals surface area contributed by atoms with Crippen LogP contribution in [-0.2, 0) is 0 Å². The van der Waals surface area contributed by atoms with Gasteiger partial charge in [-0.2, -0.15) is 0 Å². The van der Waals surface area contributed by atoms with Crippen molar-refractivity contribution in [3.63, 3.8) is 0 Å². The molecule has 3 heteroatoms. The summed E-state index contributed by atoms with van der Waals surface area (Å²) < 4.78 is 2.37. The molecule has 0 bridgehead atoms. The summed E-state index contributed by atoms with van der Waals surface area (Å²) in [6.07, 6.45) is 0. The van der Waals surface area contributed by atoms with Crippen LogP contribution in [0.3, 0.4) is 0 Å². The van der Waals surface area contributed by atoms with Crippen LogP contribution >= 0.6 is 0 Å². The van der Waals surface area contributed by atoms with Gasteiger partial charge in [0, 0.05) is 50.3 Å². The third-order valence-electron chi connectivity index (χ3n) is 12.1. The van der Waals surface area contributed by atoms with Gasteiger partial charge in [0.1, 0.15) is 0 Å². The topological polar surface area (TPSA) is 11.4 Å². The van der Waals surface area contributed by atoms with E-state index >= 15 is 0 Å². The molecule has 0 aliphatic heterocycles. The van der Waals surface area contributed by atoms with Gasteiger partial charge in [0.15, 0.2) is 0 Å². The molecule has 0 saturated heterocycles. The number of hydrogen-bond acceptors (Lipinski definition) is 2. The summed E-state index contributed by atoms with van der Waals surface area (Å²) >= 11 is 0. The lowest BCUT2D eigenvalue weighted by Crippen LogP contribution is -2.11. The third kappa shape index (κ3) is 6.48. The van der Waals surface area contributed by atoms with Crippen molar-refractivity contribution in [2.24, 2.45) is 0 Å². The standard InChI is InChI=1S/C58H43N3/c1-40-20-27-46(28-21-40)59(50-34-36-58-55(39-50)54-18-10-11-19-56(54)61(58)45-14-4-3-5-15-45)47-31-25-43(26-32-47)51-35-37-57(53-17-9-8-16-52(51)53)60(48-29-22-41(2)23-30-48)49-33-24-42-12-6-7-13-44(42)38-49/h3-39H,1-2H3. The minimum atomic E-state index is 1.10. The molecule has 0 saturated carbocycles. The zero-order valence-electron chi connectivity index (χ0n) is 34.2. The molecule has 1 heterocycles. The van der Waals surface area contributed by atoms with Crippen LogP contribution in [0.5, 0.6) is 0 Å². The molecule has 0 spiro atoms. The van der Waals surface area contributed by atoms with Crippen LogP contribution in [0, 0.1) is 13.8 Å². The van der Waals surface area contributed by atoms with Gasteiger partial charge in [0.25, 0.3) is 0 Å². The van der Waals surface area contributed by atoms with Crippen molar-refractivity contribution >= 4 is 77.5 Å². The highest BCUT2D eigenvalue weighted by Gasteiger charge is 2.20. The summed E-state index contributed by atoms with van der Waals surface area (Å²) in [4.78, 5) is 4.77. The maximum atomic E-state index is 2.40. The Morgan fingerprint density at radius 1 is 0.328 bits per heavy atom. The lowest BCUT2D eigenvalue weighted by molar-refractivity contribution is 1.18. The maximum Gasteiger partial charge on any atom is 0.0542 e. The van der Waals surface area contributed by atoms with E-state index in [1.54, 1.807) is 0 Å². The van der Waals surface area contributed by atoms with Crippen LogP contribution in [-0.4, -0.2) is 4.57 Å². The average molecular weight is 782 g/mol. The highest BCUT2D eigenvalue weighted by molar-refractivity contribution is 6.11. The number of nitrogens with zero attached hydrogens (tertiary/aromatic N) is 3. The second-order valence-corrected chi connectivity index (χ2v) is 16.0. The first-order valence-electron chi connectivity index (χ1n) is 21.0. The quantitative estimate of drug-likeness (QED) is 0.152. The van der Waals surface area contributed by atoms with E-state index in [0.29, 0.717) is 0 Å². The molecule has 0 aliphatic carbocycles. The molecular formula is C58H43N3. The predicted molar refractivity (Wildman–Crippen MR) is 260 cm³/mol. The van der Waals surface area contributed by atoms with Gasteiger partial charge in [-0.1, -0.05) is 145 Å². The molecule has 0 atom stereocenters. The van der Waals surface area contributed by atoms with Crippen LogP contribution in [0.4, 0.5) is 34.1 Å². The number of fused-ring (bicyclic) bond motifs is 5. The van der Waals surface area contributed by atoms with E-state index in [1.165, 1.54) is 65.6 Å². The van der Waals surface area contributed by atoms with Gasteiger partial charge < -0.3 is 14.4 Å². The SMILES string of the molecule is Cc1ccc(N(c2ccc(-c3ccc(N(c4ccc(C)cc4)c4ccc5ccccc5c4)c4ccccc34)cc2)c2ccc3c(c2)c2ccccc2n3-c2ccccc2)cc1. The van der Waals surface area contributed by atoms with Gasteiger partial charge in [-0.25, -0.2) is 0 Å². The Labute approximate surface area is 356 Å². The summed E-state index contributed by atoms with van der Waals surface area (Å²) in [5, 5.41) is 7.32. The second-order valence-electron chi connectivity index (χ2n) is 16.0. The highest BCUT2D eigenvalue weighted by atomic mass is 15.1. The zero-order chi connectivity index (χ0) is 40.9. The highest BCUT2D eigenvalue weighted by Crippen LogP contribution is 2.44. The molecule has 0 unspecified atom stereocenters. The first kappa shape index (κ1) is 36.2. The van der Waals surface area contributed by atoms with Crippen LogP contribution in [0.2, 0.25) is 0 Å². The van der Waals surface area contributed by atoms with Crippen LogP contribution in [0.1, 0.15) is 11.1 Å². The van der Waals surface area contributed by atoms with E-state index in [9.17, 15) is 0 Å². The first-order chi connectivity index (χ1) is 30.1. The van der Waals surface area contributed by atoms with Crippen molar-refractivity contribution < 1.29 is 0 Å². The van der Waals surface area contributed by atoms with Crippen LogP contribution < -0.4 is 9.80 Å². The van der Waals surface area contributed by atoms with Crippen molar-refractivity contribution in [2.45, 2.75) is 13.8 Å². The summed E-state index contributed by atoms with van der Waals surface area (Å²) in [6, 6.07) is 81.8. The predicted octanol–water partition coefficient (Wildman–Crippen LogP) is 16.3. The van der Waals surface area contributed by atoms with Crippen LogP contribution in [0.25, 0.3) is 60.2 Å². The van der Waals surface area contributed by atoms with E-state index in [0.717, 1.165) is 39.8 Å². The molecule has 0 amide bonds. The molecule has 61 heavy (non-hydrogen) atoms. The maximum absolute atomic E-state index is 2.40. The fourth-order valence-electron chi connectivity index (χ4n) is 9.05. The Morgan fingerprint density at radius 2 is 0.852 bits per heavy atom. The summed E-state index contributed by atoms with van der Waals surface area (Å²) in [6.45, 7) is 4.29. The minimum absolute atomic E-state index is 1.10. The van der Waals surface area contributed by atoms with Gasteiger partial charge in [0.05, 0.1) is 16.7 Å². The largest absolute Gasteiger partial charge is 0.310 e. The minimum Gasteiger partial charge on any atom is -0.310 e. The summed E-state index contributed by atoms with van der Waals surface area (Å²) in [5.74, 6) is 0. The van der Waals surface area contributed by atoms with Crippen molar-refractivity contribution in [1.82, 2.24) is 4.57 Å². The smallest absolute Gasteiger partial charge is 0.0542 e. The second kappa shape index (κ2) is 15.1. The molecule has 0 N–H and O–H groups in total. The van der Waals surface area contributed by atoms with Gasteiger partial charge in [-0.3, -0.25) is 0 Å². The summed E-state index contributed by atoms with van der Waals surface area (Å²) in [5.41, 5.74) is 15.1. The van der Waals surface area contributed by atoms with Crippen molar-refractivity contribution in [3.8, 4) is 16.8 Å². The monoisotopic (exact) mass is 781 g/mol. The molecule has 3 nitrogen and oxygen atoms in total. The lowest BCUT2D eigenvalue weighted by atomic mass is 9.96. The van der Waals surface area contributed by atoms with Crippen LogP contribution in [0.15, 0.2) is 224 Å². The molecule has 11 rings (SSSR count). The average Bonchev–Trinajstić information content (AvgIpc) is 3.65. The van der Waals surface area contributed by atoms with E-state index in [4.69, 9.17) is 0 Å². The molecule has 0 aliphatic rings. The zero-order valence-corrected chi connectivity index (χ0v) is 34.2. The van der Waals surface area contributed by atoms with E-state index < -0.39 is 0 Å². The Kier molecular flexibility index (Phi) is 8.94. The van der Waals surface area contributed by atoms with Crippen molar-refractivity contribution in [2.75, 3.05) is 9.80 Å². The molecule has 10 aromatic carbocycles.